The van der Waals surface area contributed by atoms with Gasteiger partial charge in [-0.15, -0.1) is 0 Å². The van der Waals surface area contributed by atoms with Crippen molar-refractivity contribution in [2.75, 3.05) is 20.3 Å². The van der Waals surface area contributed by atoms with Gasteiger partial charge in [0, 0.05) is 19.6 Å². The van der Waals surface area contributed by atoms with Crippen molar-refractivity contribution < 1.29 is 23.4 Å². The van der Waals surface area contributed by atoms with Crippen molar-refractivity contribution in [1.29, 1.82) is 0 Å². The highest BCUT2D eigenvalue weighted by atomic mass is 35.5. The van der Waals surface area contributed by atoms with Crippen LogP contribution in [0.5, 0.6) is 5.75 Å². The van der Waals surface area contributed by atoms with E-state index in [-0.39, 0.29) is 23.3 Å². The molecule has 1 aliphatic carbocycles. The Bertz CT molecular complexity index is 466. The van der Waals surface area contributed by atoms with Gasteiger partial charge in [0.05, 0.1) is 18.2 Å². The number of benzene rings is 1. The molecule has 1 saturated carbocycles. The largest absolute Gasteiger partial charge is 0.487 e. The standard InChI is InChI=1S/C13H14ClFO4/c1-17-4-5-18-13-11(16)7-12(13)19-8-2-3-9(14)10(15)6-8/h2-3,6,12-13H,4-5,7H2,1H3. The number of ether oxygens (including phenoxy) is 3. The minimum absolute atomic E-state index is 0.0180. The van der Waals surface area contributed by atoms with Crippen molar-refractivity contribution in [2.24, 2.45) is 0 Å². The third-order valence-electron chi connectivity index (χ3n) is 2.82. The maximum Gasteiger partial charge on any atom is 0.169 e. The first-order valence-corrected chi connectivity index (χ1v) is 6.24. The fourth-order valence-electron chi connectivity index (χ4n) is 1.76. The van der Waals surface area contributed by atoms with Gasteiger partial charge in [0.1, 0.15) is 17.7 Å². The lowest BCUT2D eigenvalue weighted by molar-refractivity contribution is -0.156. The lowest BCUT2D eigenvalue weighted by Gasteiger charge is -2.34. The molecule has 0 amide bonds. The third kappa shape index (κ3) is 3.43. The van der Waals surface area contributed by atoms with Crippen LogP contribution in [-0.4, -0.2) is 38.3 Å². The molecule has 0 radical (unpaired) electrons. The summed E-state index contributed by atoms with van der Waals surface area (Å²) in [5, 5.41) is 0.0323. The lowest BCUT2D eigenvalue weighted by atomic mass is 9.90. The second-order valence-corrected chi connectivity index (χ2v) is 4.59. The van der Waals surface area contributed by atoms with Crippen molar-refractivity contribution in [3.8, 4) is 5.75 Å². The molecule has 0 N–H and O–H groups in total. The molecule has 0 aliphatic heterocycles. The van der Waals surface area contributed by atoms with Crippen molar-refractivity contribution in [3.63, 3.8) is 0 Å². The van der Waals surface area contributed by atoms with Gasteiger partial charge in [0.15, 0.2) is 11.9 Å². The summed E-state index contributed by atoms with van der Waals surface area (Å²) in [5.74, 6) is -0.239. The molecule has 0 aromatic heterocycles. The molecule has 19 heavy (non-hydrogen) atoms. The molecule has 0 heterocycles. The van der Waals surface area contributed by atoms with E-state index < -0.39 is 11.9 Å². The van der Waals surface area contributed by atoms with Gasteiger partial charge in [-0.1, -0.05) is 11.6 Å². The quantitative estimate of drug-likeness (QED) is 0.753. The molecule has 1 aromatic carbocycles. The van der Waals surface area contributed by atoms with E-state index in [9.17, 15) is 9.18 Å². The van der Waals surface area contributed by atoms with Gasteiger partial charge in [-0.05, 0) is 12.1 Å². The zero-order valence-electron chi connectivity index (χ0n) is 10.4. The highest BCUT2D eigenvalue weighted by Gasteiger charge is 2.42. The van der Waals surface area contributed by atoms with Gasteiger partial charge in [-0.2, -0.15) is 0 Å². The second kappa shape index (κ2) is 6.32. The van der Waals surface area contributed by atoms with Crippen LogP contribution < -0.4 is 4.74 Å². The Morgan fingerprint density at radius 2 is 2.21 bits per heavy atom. The topological polar surface area (TPSA) is 44.8 Å². The highest BCUT2D eigenvalue weighted by molar-refractivity contribution is 6.30. The molecule has 2 atom stereocenters. The van der Waals surface area contributed by atoms with E-state index in [0.29, 0.717) is 19.0 Å². The number of methoxy groups -OCH3 is 1. The molecule has 104 valence electrons. The summed E-state index contributed by atoms with van der Waals surface area (Å²) in [5.41, 5.74) is 0. The van der Waals surface area contributed by atoms with Gasteiger partial charge >= 0.3 is 0 Å². The van der Waals surface area contributed by atoms with Crippen LogP contribution >= 0.6 is 11.6 Å². The van der Waals surface area contributed by atoms with Crippen molar-refractivity contribution in [3.05, 3.63) is 29.0 Å². The smallest absolute Gasteiger partial charge is 0.169 e. The van der Waals surface area contributed by atoms with Crippen molar-refractivity contribution in [1.82, 2.24) is 0 Å². The van der Waals surface area contributed by atoms with E-state index in [0.717, 1.165) is 0 Å². The average molecular weight is 289 g/mol. The number of rotatable bonds is 6. The van der Waals surface area contributed by atoms with Crippen LogP contribution in [-0.2, 0) is 14.3 Å². The van der Waals surface area contributed by atoms with Crippen LogP contribution in [0.15, 0.2) is 18.2 Å². The number of carbonyl (C=O) groups is 1. The average Bonchev–Trinajstić information content (AvgIpc) is 2.38. The Hall–Kier alpha value is -1.17. The first-order chi connectivity index (χ1) is 9.11. The number of hydrogen-bond acceptors (Lipinski definition) is 4. The maximum atomic E-state index is 13.2. The summed E-state index contributed by atoms with van der Waals surface area (Å²) >= 11 is 5.58. The monoisotopic (exact) mass is 288 g/mol. The van der Waals surface area contributed by atoms with Crippen LogP contribution in [0.1, 0.15) is 6.42 Å². The Balaban J connectivity index is 1.91. The summed E-state index contributed by atoms with van der Waals surface area (Å²) in [4.78, 5) is 11.4. The summed E-state index contributed by atoms with van der Waals surface area (Å²) in [6, 6.07) is 4.16. The van der Waals surface area contributed by atoms with E-state index in [1.807, 2.05) is 0 Å². The summed E-state index contributed by atoms with van der Waals surface area (Å²) < 4.78 is 28.9. The zero-order chi connectivity index (χ0) is 13.8. The fourth-order valence-corrected chi connectivity index (χ4v) is 1.87. The lowest BCUT2D eigenvalue weighted by Crippen LogP contribution is -2.52. The summed E-state index contributed by atoms with van der Waals surface area (Å²) in [7, 11) is 1.55. The van der Waals surface area contributed by atoms with E-state index in [2.05, 4.69) is 0 Å². The van der Waals surface area contributed by atoms with E-state index >= 15 is 0 Å². The van der Waals surface area contributed by atoms with Crippen LogP contribution in [0, 0.1) is 5.82 Å². The Morgan fingerprint density at radius 1 is 1.42 bits per heavy atom. The third-order valence-corrected chi connectivity index (χ3v) is 3.13. The van der Waals surface area contributed by atoms with E-state index in [1.54, 1.807) is 13.2 Å². The van der Waals surface area contributed by atoms with Gasteiger partial charge in [-0.3, -0.25) is 4.79 Å². The van der Waals surface area contributed by atoms with Crippen LogP contribution in [0.3, 0.4) is 0 Å². The Morgan fingerprint density at radius 3 is 2.84 bits per heavy atom. The minimum Gasteiger partial charge on any atom is -0.487 e. The fraction of sp³-hybridized carbons (Fsp3) is 0.462. The van der Waals surface area contributed by atoms with E-state index in [1.165, 1.54) is 12.1 Å². The predicted molar refractivity (Wildman–Crippen MR) is 67.1 cm³/mol. The van der Waals surface area contributed by atoms with Gasteiger partial charge in [0.2, 0.25) is 0 Å². The molecule has 0 spiro atoms. The molecule has 1 aliphatic rings. The van der Waals surface area contributed by atoms with Gasteiger partial charge in [-0.25, -0.2) is 4.39 Å². The normalized spacial score (nSPS) is 22.2. The molecular formula is C13H14ClFO4. The summed E-state index contributed by atoms with van der Waals surface area (Å²) in [6.07, 6.45) is -0.721. The maximum absolute atomic E-state index is 13.2. The molecule has 2 unspecified atom stereocenters. The van der Waals surface area contributed by atoms with Crippen LogP contribution in [0.4, 0.5) is 4.39 Å². The number of Topliss-reactive ketones (excluding diaryl/α,β-unsaturated/α-hetero) is 1. The first-order valence-electron chi connectivity index (χ1n) is 5.87. The molecule has 0 bridgehead atoms. The number of halogens is 2. The minimum atomic E-state index is -0.603. The SMILES string of the molecule is COCCOC1C(=O)CC1Oc1ccc(Cl)c(F)c1. The van der Waals surface area contributed by atoms with Gasteiger partial charge in [0.25, 0.3) is 0 Å². The van der Waals surface area contributed by atoms with E-state index in [4.69, 9.17) is 25.8 Å². The molecule has 6 heteroatoms. The second-order valence-electron chi connectivity index (χ2n) is 4.19. The molecular weight excluding hydrogens is 275 g/mol. The number of carbonyl (C=O) groups excluding carboxylic acids is 1. The van der Waals surface area contributed by atoms with Crippen molar-refractivity contribution in [2.45, 2.75) is 18.6 Å². The first kappa shape index (κ1) is 14.2. The molecule has 1 aromatic rings. The highest BCUT2D eigenvalue weighted by Crippen LogP contribution is 2.27. The molecule has 2 rings (SSSR count). The summed E-state index contributed by atoms with van der Waals surface area (Å²) in [6.45, 7) is 0.730. The predicted octanol–water partition coefficient (Wildman–Crippen LogP) is 2.23. The van der Waals surface area contributed by atoms with Crippen LogP contribution in [0.2, 0.25) is 5.02 Å². The number of ketones is 1. The molecule has 4 nitrogen and oxygen atoms in total. The number of hydrogen-bond donors (Lipinski definition) is 0. The Labute approximate surface area is 115 Å². The molecule has 1 fully saturated rings. The van der Waals surface area contributed by atoms with Gasteiger partial charge < -0.3 is 14.2 Å². The Kier molecular flexibility index (Phi) is 4.74. The van der Waals surface area contributed by atoms with Crippen LogP contribution in [0.25, 0.3) is 0 Å². The zero-order valence-corrected chi connectivity index (χ0v) is 11.2. The van der Waals surface area contributed by atoms with Crippen molar-refractivity contribution >= 4 is 17.4 Å². The molecule has 0 saturated heterocycles.